The zero-order chi connectivity index (χ0) is 18.7. The predicted octanol–water partition coefficient (Wildman–Crippen LogP) is 6.75. The highest BCUT2D eigenvalue weighted by Crippen LogP contribution is 2.13. The molecule has 0 aromatic heterocycles. The Bertz CT molecular complexity index is 345. The highest BCUT2D eigenvalue weighted by Gasteiger charge is 2.17. The second kappa shape index (κ2) is 17.6. The molecule has 1 heterocycles. The Morgan fingerprint density at radius 2 is 1.54 bits per heavy atom. The van der Waals surface area contributed by atoms with Crippen LogP contribution in [0.5, 0.6) is 0 Å². The Kier molecular flexibility index (Phi) is 15.7. The van der Waals surface area contributed by atoms with Crippen LogP contribution in [0.1, 0.15) is 110 Å². The molecule has 0 radical (unpaired) electrons. The number of esters is 1. The van der Waals surface area contributed by atoms with Crippen molar-refractivity contribution in [2.75, 3.05) is 13.2 Å². The summed E-state index contributed by atoms with van der Waals surface area (Å²) in [5.41, 5.74) is 0. The van der Waals surface area contributed by atoms with Crippen molar-refractivity contribution in [3.8, 4) is 0 Å². The van der Waals surface area contributed by atoms with Gasteiger partial charge in [-0.1, -0.05) is 70.4 Å². The number of hydrogen-bond acceptors (Lipinski definition) is 3. The van der Waals surface area contributed by atoms with Gasteiger partial charge in [-0.2, -0.15) is 0 Å². The van der Waals surface area contributed by atoms with Crippen LogP contribution in [0.2, 0.25) is 0 Å². The molecule has 1 unspecified atom stereocenters. The smallest absolute Gasteiger partial charge is 0.305 e. The minimum absolute atomic E-state index is 0.0573. The topological polar surface area (TPSA) is 35.5 Å². The molecule has 1 aliphatic rings. The van der Waals surface area contributed by atoms with E-state index in [-0.39, 0.29) is 12.1 Å². The Labute approximate surface area is 161 Å². The van der Waals surface area contributed by atoms with Crippen LogP contribution < -0.4 is 0 Å². The first kappa shape index (κ1) is 23.2. The van der Waals surface area contributed by atoms with E-state index in [2.05, 4.69) is 19.1 Å². The molecule has 1 saturated heterocycles. The third-order valence-corrected chi connectivity index (χ3v) is 5.10. The maximum absolute atomic E-state index is 11.6. The SMILES string of the molecule is CCCCCCCC/C=C/CCCCCCCC(=O)OCC1CCCO1. The van der Waals surface area contributed by atoms with Crippen molar-refractivity contribution in [2.24, 2.45) is 0 Å². The lowest BCUT2D eigenvalue weighted by molar-refractivity contribution is -0.147. The number of carbonyl (C=O) groups excluding carboxylic acids is 1. The molecule has 0 bridgehead atoms. The number of unbranched alkanes of at least 4 members (excludes halogenated alkanes) is 11. The average Bonchev–Trinajstić information content (AvgIpc) is 3.17. The maximum atomic E-state index is 11.6. The van der Waals surface area contributed by atoms with E-state index in [4.69, 9.17) is 9.47 Å². The summed E-state index contributed by atoms with van der Waals surface area (Å²) < 4.78 is 10.7. The fourth-order valence-electron chi connectivity index (χ4n) is 3.37. The van der Waals surface area contributed by atoms with Gasteiger partial charge in [0.15, 0.2) is 0 Å². The van der Waals surface area contributed by atoms with E-state index in [9.17, 15) is 4.79 Å². The van der Waals surface area contributed by atoms with Crippen LogP contribution in [0.15, 0.2) is 12.2 Å². The molecule has 1 rings (SSSR count). The van der Waals surface area contributed by atoms with E-state index in [0.29, 0.717) is 13.0 Å². The summed E-state index contributed by atoms with van der Waals surface area (Å²) in [5.74, 6) is -0.0573. The summed E-state index contributed by atoms with van der Waals surface area (Å²) in [7, 11) is 0. The molecule has 26 heavy (non-hydrogen) atoms. The monoisotopic (exact) mass is 366 g/mol. The van der Waals surface area contributed by atoms with E-state index >= 15 is 0 Å². The van der Waals surface area contributed by atoms with Crippen molar-refractivity contribution in [1.82, 2.24) is 0 Å². The standard InChI is InChI=1S/C23H42O3/c1-2-3-4-5-6-7-8-9-10-11-12-13-14-15-16-19-23(24)26-21-22-18-17-20-25-22/h9-10,22H,2-8,11-21H2,1H3/b10-9+. The summed E-state index contributed by atoms with van der Waals surface area (Å²) >= 11 is 0. The molecule has 0 aromatic carbocycles. The predicted molar refractivity (Wildman–Crippen MR) is 109 cm³/mol. The number of hydrogen-bond donors (Lipinski definition) is 0. The minimum atomic E-state index is -0.0573. The van der Waals surface area contributed by atoms with Crippen molar-refractivity contribution in [3.05, 3.63) is 12.2 Å². The molecule has 1 fully saturated rings. The number of allylic oxidation sites excluding steroid dienone is 2. The van der Waals surface area contributed by atoms with Crippen LogP contribution in [-0.4, -0.2) is 25.3 Å². The van der Waals surface area contributed by atoms with E-state index in [1.54, 1.807) is 0 Å². The van der Waals surface area contributed by atoms with Crippen molar-refractivity contribution in [3.63, 3.8) is 0 Å². The number of ether oxygens (including phenoxy) is 2. The van der Waals surface area contributed by atoms with Gasteiger partial charge in [-0.05, 0) is 44.9 Å². The molecule has 3 heteroatoms. The van der Waals surface area contributed by atoms with Gasteiger partial charge >= 0.3 is 5.97 Å². The minimum Gasteiger partial charge on any atom is -0.463 e. The van der Waals surface area contributed by atoms with Crippen LogP contribution in [-0.2, 0) is 14.3 Å². The van der Waals surface area contributed by atoms with E-state index in [1.807, 2.05) is 0 Å². The fraction of sp³-hybridized carbons (Fsp3) is 0.870. The first-order valence-electron chi connectivity index (χ1n) is 11.2. The Morgan fingerprint density at radius 3 is 2.15 bits per heavy atom. The summed E-state index contributed by atoms with van der Waals surface area (Å²) in [6.45, 7) is 3.53. The van der Waals surface area contributed by atoms with Crippen LogP contribution in [0.25, 0.3) is 0 Å². The molecular weight excluding hydrogens is 324 g/mol. The largest absolute Gasteiger partial charge is 0.463 e. The molecule has 1 atom stereocenters. The van der Waals surface area contributed by atoms with E-state index < -0.39 is 0 Å². The third-order valence-electron chi connectivity index (χ3n) is 5.10. The van der Waals surface area contributed by atoms with Crippen molar-refractivity contribution >= 4 is 5.97 Å². The van der Waals surface area contributed by atoms with Gasteiger partial charge in [-0.3, -0.25) is 4.79 Å². The average molecular weight is 367 g/mol. The van der Waals surface area contributed by atoms with Crippen LogP contribution >= 0.6 is 0 Å². The zero-order valence-corrected chi connectivity index (χ0v) is 17.2. The Hall–Kier alpha value is -0.830. The molecule has 0 N–H and O–H groups in total. The first-order valence-corrected chi connectivity index (χ1v) is 11.2. The lowest BCUT2D eigenvalue weighted by atomic mass is 10.1. The van der Waals surface area contributed by atoms with Crippen LogP contribution in [0.3, 0.4) is 0 Å². The van der Waals surface area contributed by atoms with E-state index in [1.165, 1.54) is 70.6 Å². The molecule has 0 amide bonds. The molecular formula is C23H42O3. The van der Waals surface area contributed by atoms with Crippen LogP contribution in [0, 0.1) is 0 Å². The number of rotatable bonds is 17. The lowest BCUT2D eigenvalue weighted by Gasteiger charge is -2.09. The van der Waals surface area contributed by atoms with Gasteiger partial charge in [-0.25, -0.2) is 0 Å². The molecule has 152 valence electrons. The summed E-state index contributed by atoms with van der Waals surface area (Å²) in [6.07, 6.45) is 24.2. The second-order valence-corrected chi connectivity index (χ2v) is 7.65. The number of carbonyl (C=O) groups is 1. The fourth-order valence-corrected chi connectivity index (χ4v) is 3.37. The molecule has 0 saturated carbocycles. The molecule has 3 nitrogen and oxygen atoms in total. The van der Waals surface area contributed by atoms with Gasteiger partial charge in [-0.15, -0.1) is 0 Å². The third kappa shape index (κ3) is 14.4. The summed E-state index contributed by atoms with van der Waals surface area (Å²) in [6, 6.07) is 0. The van der Waals surface area contributed by atoms with Gasteiger partial charge in [0.05, 0.1) is 6.10 Å². The molecule has 0 spiro atoms. The Balaban J connectivity index is 1.76. The maximum Gasteiger partial charge on any atom is 0.305 e. The molecule has 0 aliphatic carbocycles. The first-order chi connectivity index (χ1) is 12.8. The molecule has 1 aliphatic heterocycles. The lowest BCUT2D eigenvalue weighted by Crippen LogP contribution is -2.17. The van der Waals surface area contributed by atoms with Crippen molar-refractivity contribution < 1.29 is 14.3 Å². The summed E-state index contributed by atoms with van der Waals surface area (Å²) in [5, 5.41) is 0. The van der Waals surface area contributed by atoms with Gasteiger partial charge in [0.1, 0.15) is 6.61 Å². The summed E-state index contributed by atoms with van der Waals surface area (Å²) in [4.78, 5) is 11.6. The highest BCUT2D eigenvalue weighted by atomic mass is 16.6. The molecule has 0 aromatic rings. The van der Waals surface area contributed by atoms with E-state index in [0.717, 1.165) is 32.3 Å². The van der Waals surface area contributed by atoms with Crippen LogP contribution in [0.4, 0.5) is 0 Å². The van der Waals surface area contributed by atoms with Gasteiger partial charge < -0.3 is 9.47 Å². The highest BCUT2D eigenvalue weighted by molar-refractivity contribution is 5.69. The Morgan fingerprint density at radius 1 is 0.923 bits per heavy atom. The quantitative estimate of drug-likeness (QED) is 0.162. The van der Waals surface area contributed by atoms with Gasteiger partial charge in [0.2, 0.25) is 0 Å². The van der Waals surface area contributed by atoms with Gasteiger partial charge in [0, 0.05) is 13.0 Å². The van der Waals surface area contributed by atoms with Crippen molar-refractivity contribution in [1.29, 1.82) is 0 Å². The van der Waals surface area contributed by atoms with Crippen molar-refractivity contribution in [2.45, 2.75) is 116 Å². The zero-order valence-electron chi connectivity index (χ0n) is 17.2. The normalized spacial score (nSPS) is 17.2. The van der Waals surface area contributed by atoms with Gasteiger partial charge in [0.25, 0.3) is 0 Å². The second-order valence-electron chi connectivity index (χ2n) is 7.65.